The van der Waals surface area contributed by atoms with Crippen molar-refractivity contribution in [2.45, 2.75) is 51.4 Å². The first-order valence-electron chi connectivity index (χ1n) is 11.9. The van der Waals surface area contributed by atoms with E-state index in [0.717, 1.165) is 49.6 Å². The lowest BCUT2D eigenvalue weighted by molar-refractivity contribution is -0.122. The molecule has 2 heterocycles. The number of benzene rings is 2. The van der Waals surface area contributed by atoms with Crippen molar-refractivity contribution in [1.82, 2.24) is 20.6 Å². The topological polar surface area (TPSA) is 90.4 Å². The predicted octanol–water partition coefficient (Wildman–Crippen LogP) is 3.29. The number of hydrogen-bond donors (Lipinski definition) is 3. The normalized spacial score (nSPS) is 19.8. The Bertz CT molecular complexity index is 1040. The van der Waals surface area contributed by atoms with E-state index in [-0.39, 0.29) is 6.47 Å². The van der Waals surface area contributed by atoms with Gasteiger partial charge in [-0.25, -0.2) is 9.97 Å². The lowest BCUT2D eigenvalue weighted by atomic mass is 10.1. The van der Waals surface area contributed by atoms with E-state index in [1.54, 1.807) is 0 Å². The third-order valence-corrected chi connectivity index (χ3v) is 6.41. The molecule has 178 valence electrons. The summed E-state index contributed by atoms with van der Waals surface area (Å²) in [7, 11) is 0. The molecule has 2 atom stereocenters. The van der Waals surface area contributed by atoms with Gasteiger partial charge in [0, 0.05) is 55.7 Å². The highest BCUT2D eigenvalue weighted by molar-refractivity contribution is 5.62. The minimum Gasteiger partial charge on any atom is -0.483 e. The van der Waals surface area contributed by atoms with Crippen molar-refractivity contribution in [3.05, 3.63) is 77.6 Å². The second-order valence-electron chi connectivity index (χ2n) is 9.20. The van der Waals surface area contributed by atoms with E-state index in [9.17, 15) is 0 Å². The smallest absolute Gasteiger partial charge is 0.290 e. The quantitative estimate of drug-likeness (QED) is 0.505. The number of hydrogen-bond acceptors (Lipinski definition) is 6. The standard InChI is InChI=1S/C26H31N5.CH2O2/c1-18-16-31(17-19(2)30-18)26-28-14-24(15-29-26)21-9-7-20(8-10-21)13-27-25-11-22-5-3-4-6-23(22)12-25;2-1-3/h3-10,14-15,18-19,25,27,30H,11-13,16-17H2,1-2H3;1H,(H,2,3). The van der Waals surface area contributed by atoms with E-state index < -0.39 is 0 Å². The van der Waals surface area contributed by atoms with Crippen LogP contribution in [-0.4, -0.2) is 52.8 Å². The molecule has 0 bridgehead atoms. The van der Waals surface area contributed by atoms with Crippen molar-refractivity contribution in [3.8, 4) is 11.1 Å². The summed E-state index contributed by atoms with van der Waals surface area (Å²) in [6.07, 6.45) is 6.15. The molecular formula is C27H33N5O2. The van der Waals surface area contributed by atoms with Gasteiger partial charge in [-0.3, -0.25) is 4.79 Å². The number of piperazine rings is 1. The van der Waals surface area contributed by atoms with Crippen LogP contribution < -0.4 is 15.5 Å². The molecule has 1 saturated heterocycles. The fourth-order valence-corrected chi connectivity index (χ4v) is 4.90. The Labute approximate surface area is 201 Å². The number of carbonyl (C=O) groups is 1. The summed E-state index contributed by atoms with van der Waals surface area (Å²) < 4.78 is 0. The average Bonchev–Trinajstić information content (AvgIpc) is 3.26. The van der Waals surface area contributed by atoms with E-state index >= 15 is 0 Å². The summed E-state index contributed by atoms with van der Waals surface area (Å²) in [5.41, 5.74) is 6.50. The van der Waals surface area contributed by atoms with E-state index in [0.29, 0.717) is 18.1 Å². The Hall–Kier alpha value is -3.29. The first-order valence-corrected chi connectivity index (χ1v) is 11.9. The van der Waals surface area contributed by atoms with Gasteiger partial charge in [-0.1, -0.05) is 48.5 Å². The minimum atomic E-state index is -0.250. The van der Waals surface area contributed by atoms with Crippen molar-refractivity contribution in [2.24, 2.45) is 0 Å². The minimum absolute atomic E-state index is 0.250. The van der Waals surface area contributed by atoms with Crippen molar-refractivity contribution in [1.29, 1.82) is 0 Å². The number of carboxylic acid groups (broad SMARTS) is 1. The summed E-state index contributed by atoms with van der Waals surface area (Å²) in [6, 6.07) is 19.0. The van der Waals surface area contributed by atoms with Gasteiger partial charge in [-0.05, 0) is 48.9 Å². The third kappa shape index (κ3) is 5.98. The molecule has 7 heteroatoms. The van der Waals surface area contributed by atoms with Crippen LogP contribution in [0.2, 0.25) is 0 Å². The van der Waals surface area contributed by atoms with Crippen LogP contribution in [0.3, 0.4) is 0 Å². The Morgan fingerprint density at radius 3 is 2.09 bits per heavy atom. The molecule has 3 N–H and O–H groups in total. The zero-order valence-electron chi connectivity index (χ0n) is 19.8. The van der Waals surface area contributed by atoms with Crippen LogP contribution in [0.1, 0.15) is 30.5 Å². The number of aromatic nitrogens is 2. The van der Waals surface area contributed by atoms with Crippen molar-refractivity contribution < 1.29 is 9.90 Å². The van der Waals surface area contributed by atoms with Crippen LogP contribution in [0, 0.1) is 0 Å². The Kier molecular flexibility index (Phi) is 7.87. The zero-order chi connectivity index (χ0) is 23.9. The maximum Gasteiger partial charge on any atom is 0.290 e. The summed E-state index contributed by atoms with van der Waals surface area (Å²) in [5.74, 6) is 0.822. The second kappa shape index (κ2) is 11.2. The van der Waals surface area contributed by atoms with Crippen molar-refractivity contribution in [2.75, 3.05) is 18.0 Å². The van der Waals surface area contributed by atoms with Crippen LogP contribution in [0.5, 0.6) is 0 Å². The summed E-state index contributed by atoms with van der Waals surface area (Å²) in [5, 5.41) is 14.2. The first-order chi connectivity index (χ1) is 16.6. The monoisotopic (exact) mass is 459 g/mol. The SMILES string of the molecule is CC1CN(c2ncc(-c3ccc(CNC4Cc5ccccc5C4)cc3)cn2)CC(C)N1.O=CO. The first kappa shape index (κ1) is 23.9. The van der Waals surface area contributed by atoms with E-state index in [4.69, 9.17) is 9.90 Å². The number of anilines is 1. The Morgan fingerprint density at radius 2 is 1.53 bits per heavy atom. The number of fused-ring (bicyclic) bond motifs is 1. The van der Waals surface area contributed by atoms with Gasteiger partial charge in [-0.15, -0.1) is 0 Å². The number of rotatable bonds is 5. The van der Waals surface area contributed by atoms with Crippen LogP contribution in [0.25, 0.3) is 11.1 Å². The molecule has 1 aliphatic carbocycles. The highest BCUT2D eigenvalue weighted by atomic mass is 16.3. The summed E-state index contributed by atoms with van der Waals surface area (Å²) in [4.78, 5) is 19.9. The van der Waals surface area contributed by atoms with Gasteiger partial charge in [0.05, 0.1) is 0 Å². The van der Waals surface area contributed by atoms with Gasteiger partial charge >= 0.3 is 0 Å². The maximum absolute atomic E-state index is 8.36. The maximum atomic E-state index is 8.36. The van der Waals surface area contributed by atoms with Crippen LogP contribution in [0.15, 0.2) is 60.9 Å². The van der Waals surface area contributed by atoms with Gasteiger partial charge in [0.25, 0.3) is 6.47 Å². The zero-order valence-corrected chi connectivity index (χ0v) is 19.8. The van der Waals surface area contributed by atoms with Gasteiger partial charge in [0.2, 0.25) is 5.95 Å². The highest BCUT2D eigenvalue weighted by Gasteiger charge is 2.23. The molecule has 2 aromatic carbocycles. The largest absolute Gasteiger partial charge is 0.483 e. The van der Waals surface area contributed by atoms with Gasteiger partial charge in [0.15, 0.2) is 0 Å². The van der Waals surface area contributed by atoms with Crippen molar-refractivity contribution >= 4 is 12.4 Å². The fourth-order valence-electron chi connectivity index (χ4n) is 4.90. The van der Waals surface area contributed by atoms with Crippen molar-refractivity contribution in [3.63, 3.8) is 0 Å². The molecule has 3 aromatic rings. The molecule has 0 amide bonds. The lowest BCUT2D eigenvalue weighted by Gasteiger charge is -2.36. The highest BCUT2D eigenvalue weighted by Crippen LogP contribution is 2.23. The molecule has 1 aromatic heterocycles. The predicted molar refractivity (Wildman–Crippen MR) is 135 cm³/mol. The van der Waals surface area contributed by atoms with E-state index in [1.165, 1.54) is 16.7 Å². The van der Waals surface area contributed by atoms with Crippen LogP contribution >= 0.6 is 0 Å². The van der Waals surface area contributed by atoms with E-state index in [1.807, 2.05) is 12.4 Å². The molecule has 1 aliphatic heterocycles. The van der Waals surface area contributed by atoms with Gasteiger partial charge in [-0.2, -0.15) is 0 Å². The second-order valence-corrected chi connectivity index (χ2v) is 9.20. The molecule has 0 saturated carbocycles. The Balaban J connectivity index is 0.000000868. The Morgan fingerprint density at radius 1 is 0.971 bits per heavy atom. The number of nitrogens with zero attached hydrogens (tertiary/aromatic N) is 3. The summed E-state index contributed by atoms with van der Waals surface area (Å²) in [6.45, 7) is 6.95. The van der Waals surface area contributed by atoms with Crippen LogP contribution in [0.4, 0.5) is 5.95 Å². The average molecular weight is 460 g/mol. The lowest BCUT2D eigenvalue weighted by Crippen LogP contribution is -2.54. The van der Waals surface area contributed by atoms with E-state index in [2.05, 4.69) is 87.9 Å². The molecule has 1 fully saturated rings. The molecule has 0 spiro atoms. The molecule has 7 nitrogen and oxygen atoms in total. The molecular weight excluding hydrogens is 426 g/mol. The molecule has 5 rings (SSSR count). The fraction of sp³-hybridized carbons (Fsp3) is 0.370. The molecule has 34 heavy (non-hydrogen) atoms. The summed E-state index contributed by atoms with van der Waals surface area (Å²) >= 11 is 0. The molecule has 2 aliphatic rings. The van der Waals surface area contributed by atoms with Crippen LogP contribution in [-0.2, 0) is 24.2 Å². The molecule has 2 unspecified atom stereocenters. The van der Waals surface area contributed by atoms with Gasteiger partial charge in [0.1, 0.15) is 0 Å². The number of nitrogens with one attached hydrogen (secondary N) is 2. The molecule has 0 radical (unpaired) electrons. The third-order valence-electron chi connectivity index (χ3n) is 6.41. The van der Waals surface area contributed by atoms with Gasteiger partial charge < -0.3 is 20.6 Å².